The van der Waals surface area contributed by atoms with E-state index in [-0.39, 0.29) is 10.6 Å². The third-order valence-corrected chi connectivity index (χ3v) is 6.78. The van der Waals surface area contributed by atoms with Crippen molar-refractivity contribution in [2.45, 2.75) is 18.7 Å². The Labute approximate surface area is 191 Å². The number of ether oxygens (including phenoxy) is 2. The number of sulfonamides is 1. The van der Waals surface area contributed by atoms with Gasteiger partial charge in [0.15, 0.2) is 11.5 Å². The summed E-state index contributed by atoms with van der Waals surface area (Å²) in [5, 5.41) is 2.74. The number of anilines is 2. The van der Waals surface area contributed by atoms with Gasteiger partial charge in [0.1, 0.15) is 25.6 Å². The summed E-state index contributed by atoms with van der Waals surface area (Å²) >= 11 is 0. The number of benzene rings is 3. The molecule has 0 radical (unpaired) electrons. The summed E-state index contributed by atoms with van der Waals surface area (Å²) in [5.74, 6) is -0.303. The summed E-state index contributed by atoms with van der Waals surface area (Å²) < 4.78 is 52.5. The van der Waals surface area contributed by atoms with Crippen LogP contribution in [0.2, 0.25) is 0 Å². The minimum Gasteiger partial charge on any atom is -0.486 e. The van der Waals surface area contributed by atoms with E-state index in [1.165, 1.54) is 30.3 Å². The maximum absolute atomic E-state index is 13.6. The summed E-state index contributed by atoms with van der Waals surface area (Å²) in [6.07, 6.45) is 0. The van der Waals surface area contributed by atoms with Crippen molar-refractivity contribution in [1.29, 1.82) is 0 Å². The summed E-state index contributed by atoms with van der Waals surface area (Å²) in [6.45, 7) is 3.98. The Morgan fingerprint density at radius 1 is 0.939 bits per heavy atom. The van der Waals surface area contributed by atoms with E-state index in [0.29, 0.717) is 30.4 Å². The standard InChI is InChI=1S/C24H23FN2O5S/c1-16-11-17(2)13-19(12-16)26-24(28)15-27(20-5-3-18(25)4-6-20)33(29,30)21-7-8-22-23(14-21)32-10-9-31-22/h3-8,11-14H,9-10,15H2,1-2H3,(H,26,28). The maximum atomic E-state index is 13.6. The number of rotatable bonds is 6. The van der Waals surface area contributed by atoms with Crippen LogP contribution < -0.4 is 19.1 Å². The maximum Gasteiger partial charge on any atom is 0.264 e. The summed E-state index contributed by atoms with van der Waals surface area (Å²) in [7, 11) is -4.19. The Balaban J connectivity index is 1.67. The molecule has 1 aliphatic heterocycles. The molecule has 0 spiro atoms. The van der Waals surface area contributed by atoms with E-state index < -0.39 is 28.3 Å². The van der Waals surface area contributed by atoms with Crippen LogP contribution in [0.4, 0.5) is 15.8 Å². The van der Waals surface area contributed by atoms with Gasteiger partial charge in [-0.15, -0.1) is 0 Å². The number of nitrogens with one attached hydrogen (secondary N) is 1. The normalized spacial score (nSPS) is 12.8. The fourth-order valence-electron chi connectivity index (χ4n) is 3.61. The number of amides is 1. The number of hydrogen-bond acceptors (Lipinski definition) is 5. The summed E-state index contributed by atoms with van der Waals surface area (Å²) in [5.41, 5.74) is 2.64. The molecule has 0 saturated carbocycles. The van der Waals surface area contributed by atoms with Crippen LogP contribution in [0.1, 0.15) is 11.1 Å². The summed E-state index contributed by atoms with van der Waals surface area (Å²) in [6, 6.07) is 14.7. The molecule has 0 aliphatic carbocycles. The number of fused-ring (bicyclic) bond motifs is 1. The van der Waals surface area contributed by atoms with Gasteiger partial charge < -0.3 is 14.8 Å². The van der Waals surface area contributed by atoms with E-state index in [9.17, 15) is 17.6 Å². The van der Waals surface area contributed by atoms with Crippen LogP contribution in [0.3, 0.4) is 0 Å². The number of halogens is 1. The number of aryl methyl sites for hydroxylation is 2. The number of nitrogens with zero attached hydrogens (tertiary/aromatic N) is 1. The van der Waals surface area contributed by atoms with Crippen LogP contribution in [0.25, 0.3) is 0 Å². The van der Waals surface area contributed by atoms with Crippen LogP contribution in [0.5, 0.6) is 11.5 Å². The molecule has 0 aromatic heterocycles. The lowest BCUT2D eigenvalue weighted by Gasteiger charge is -2.25. The van der Waals surface area contributed by atoms with Gasteiger partial charge >= 0.3 is 0 Å². The zero-order valence-corrected chi connectivity index (χ0v) is 19.0. The molecular formula is C24H23FN2O5S. The van der Waals surface area contributed by atoms with Gasteiger partial charge in [-0.1, -0.05) is 6.07 Å². The van der Waals surface area contributed by atoms with Crippen LogP contribution in [0, 0.1) is 19.7 Å². The molecule has 1 N–H and O–H groups in total. The predicted octanol–water partition coefficient (Wildman–Crippen LogP) is 4.05. The van der Waals surface area contributed by atoms with E-state index >= 15 is 0 Å². The van der Waals surface area contributed by atoms with Crippen molar-refractivity contribution < 1.29 is 27.1 Å². The molecular weight excluding hydrogens is 447 g/mol. The molecule has 0 fully saturated rings. The largest absolute Gasteiger partial charge is 0.486 e. The van der Waals surface area contributed by atoms with Gasteiger partial charge in [-0.2, -0.15) is 0 Å². The van der Waals surface area contributed by atoms with Crippen LogP contribution >= 0.6 is 0 Å². The fraction of sp³-hybridized carbons (Fsp3) is 0.208. The average Bonchev–Trinajstić information content (AvgIpc) is 2.77. The molecule has 172 valence electrons. The van der Waals surface area contributed by atoms with Crippen molar-refractivity contribution in [3.05, 3.63) is 77.6 Å². The van der Waals surface area contributed by atoms with Crippen LogP contribution in [-0.2, 0) is 14.8 Å². The highest BCUT2D eigenvalue weighted by Crippen LogP contribution is 2.34. The average molecular weight is 471 g/mol. The lowest BCUT2D eigenvalue weighted by atomic mass is 10.1. The molecule has 0 saturated heterocycles. The first-order valence-corrected chi connectivity index (χ1v) is 11.7. The third-order valence-electron chi connectivity index (χ3n) is 5.01. The van der Waals surface area contributed by atoms with Crippen molar-refractivity contribution in [2.75, 3.05) is 29.4 Å². The zero-order chi connectivity index (χ0) is 23.6. The van der Waals surface area contributed by atoms with E-state index in [0.717, 1.165) is 27.6 Å². The van der Waals surface area contributed by atoms with Gasteiger partial charge in [0.25, 0.3) is 10.0 Å². The predicted molar refractivity (Wildman–Crippen MR) is 123 cm³/mol. The van der Waals surface area contributed by atoms with Gasteiger partial charge in [-0.25, -0.2) is 12.8 Å². The van der Waals surface area contributed by atoms with Gasteiger partial charge in [-0.05, 0) is 73.5 Å². The first-order valence-electron chi connectivity index (χ1n) is 10.3. The molecule has 4 rings (SSSR count). The SMILES string of the molecule is Cc1cc(C)cc(NC(=O)CN(c2ccc(F)cc2)S(=O)(=O)c2ccc3c(c2)OCCO3)c1. The van der Waals surface area contributed by atoms with Gasteiger partial charge in [0, 0.05) is 11.8 Å². The quantitative estimate of drug-likeness (QED) is 0.588. The molecule has 0 unspecified atom stereocenters. The minimum atomic E-state index is -4.19. The Bertz CT molecular complexity index is 1270. The lowest BCUT2D eigenvalue weighted by molar-refractivity contribution is -0.114. The van der Waals surface area contributed by atoms with E-state index in [2.05, 4.69) is 5.32 Å². The number of carbonyl (C=O) groups is 1. The molecule has 1 heterocycles. The first-order chi connectivity index (χ1) is 15.7. The first kappa shape index (κ1) is 22.6. The molecule has 9 heteroatoms. The van der Waals surface area contributed by atoms with E-state index in [1.54, 1.807) is 12.1 Å². The minimum absolute atomic E-state index is 0.0738. The van der Waals surface area contributed by atoms with Gasteiger partial charge in [-0.3, -0.25) is 9.10 Å². The Kier molecular flexibility index (Phi) is 6.24. The highest BCUT2D eigenvalue weighted by atomic mass is 32.2. The van der Waals surface area contributed by atoms with Crippen molar-refractivity contribution in [3.8, 4) is 11.5 Å². The second-order valence-electron chi connectivity index (χ2n) is 7.72. The smallest absolute Gasteiger partial charge is 0.264 e. The van der Waals surface area contributed by atoms with E-state index in [1.807, 2.05) is 19.9 Å². The van der Waals surface area contributed by atoms with E-state index in [4.69, 9.17) is 9.47 Å². The second kappa shape index (κ2) is 9.11. The van der Waals surface area contributed by atoms with Crippen molar-refractivity contribution in [2.24, 2.45) is 0 Å². The third kappa shape index (κ3) is 5.09. The van der Waals surface area contributed by atoms with Crippen molar-refractivity contribution >= 4 is 27.3 Å². The van der Waals surface area contributed by atoms with Crippen LogP contribution in [-0.4, -0.2) is 34.1 Å². The molecule has 1 amide bonds. The molecule has 0 bridgehead atoms. The highest BCUT2D eigenvalue weighted by Gasteiger charge is 2.29. The second-order valence-corrected chi connectivity index (χ2v) is 9.58. The number of hydrogen-bond donors (Lipinski definition) is 1. The highest BCUT2D eigenvalue weighted by molar-refractivity contribution is 7.92. The molecule has 33 heavy (non-hydrogen) atoms. The molecule has 0 atom stereocenters. The Hall–Kier alpha value is -3.59. The monoisotopic (exact) mass is 470 g/mol. The Morgan fingerprint density at radius 3 is 2.24 bits per heavy atom. The molecule has 3 aromatic rings. The molecule has 1 aliphatic rings. The number of carbonyl (C=O) groups excluding carboxylic acids is 1. The molecule has 7 nitrogen and oxygen atoms in total. The molecule has 3 aromatic carbocycles. The fourth-order valence-corrected chi connectivity index (χ4v) is 5.05. The van der Waals surface area contributed by atoms with Gasteiger partial charge in [0.05, 0.1) is 10.6 Å². The summed E-state index contributed by atoms with van der Waals surface area (Å²) in [4.78, 5) is 12.8. The van der Waals surface area contributed by atoms with Crippen molar-refractivity contribution in [3.63, 3.8) is 0 Å². The zero-order valence-electron chi connectivity index (χ0n) is 18.2. The van der Waals surface area contributed by atoms with Crippen molar-refractivity contribution in [1.82, 2.24) is 0 Å². The van der Waals surface area contributed by atoms with Gasteiger partial charge in [0.2, 0.25) is 5.91 Å². The lowest BCUT2D eigenvalue weighted by Crippen LogP contribution is -2.38. The van der Waals surface area contributed by atoms with Crippen LogP contribution in [0.15, 0.2) is 65.6 Å². The topological polar surface area (TPSA) is 84.9 Å². The Morgan fingerprint density at radius 2 is 1.58 bits per heavy atom.